The second-order valence-corrected chi connectivity index (χ2v) is 11.6. The molecule has 2 heterocycles. The number of fused-ring (bicyclic) bond motifs is 2. The molecule has 1 aromatic carbocycles. The van der Waals surface area contributed by atoms with Crippen molar-refractivity contribution in [2.24, 2.45) is 5.92 Å². The van der Waals surface area contributed by atoms with E-state index in [2.05, 4.69) is 0 Å². The van der Waals surface area contributed by atoms with Gasteiger partial charge in [-0.25, -0.2) is 14.0 Å². The van der Waals surface area contributed by atoms with Crippen LogP contribution in [0.15, 0.2) is 30.1 Å². The number of Topliss-reactive ketones (excluding diaryl/α,β-unsaturated/α-hetero) is 1. The summed E-state index contributed by atoms with van der Waals surface area (Å²) in [6.45, 7) is 11.6. The van der Waals surface area contributed by atoms with Crippen molar-refractivity contribution in [3.8, 4) is 5.75 Å². The van der Waals surface area contributed by atoms with Crippen LogP contribution in [0.3, 0.4) is 0 Å². The first-order chi connectivity index (χ1) is 19.0. The number of hydrogen-bond donors (Lipinski definition) is 0. The molecule has 11 heteroatoms. The Bertz CT molecular complexity index is 1220. The van der Waals surface area contributed by atoms with Crippen molar-refractivity contribution in [1.29, 1.82) is 0 Å². The average Bonchev–Trinajstić information content (AvgIpc) is 3.18. The Labute approximate surface area is 240 Å². The highest BCUT2D eigenvalue weighted by atomic mass is 19.1. The number of halogens is 1. The molecular formula is C30H40FNO9. The van der Waals surface area contributed by atoms with Gasteiger partial charge in [-0.1, -0.05) is 19.1 Å². The lowest BCUT2D eigenvalue weighted by Crippen LogP contribution is -2.34. The smallest absolute Gasteiger partial charge is 0.414 e. The molecule has 0 unspecified atom stereocenters. The van der Waals surface area contributed by atoms with Crippen molar-refractivity contribution in [1.82, 2.24) is 0 Å². The van der Waals surface area contributed by atoms with Gasteiger partial charge in [0.2, 0.25) is 5.78 Å². The molecular weight excluding hydrogens is 537 g/mol. The molecule has 41 heavy (non-hydrogen) atoms. The molecule has 1 saturated heterocycles. The van der Waals surface area contributed by atoms with Gasteiger partial charge in [-0.05, 0) is 65.7 Å². The van der Waals surface area contributed by atoms with Gasteiger partial charge in [-0.3, -0.25) is 9.69 Å². The molecule has 0 aliphatic carbocycles. The minimum atomic E-state index is -1.16. The molecule has 0 bridgehead atoms. The fourth-order valence-corrected chi connectivity index (χ4v) is 4.32. The van der Waals surface area contributed by atoms with Gasteiger partial charge in [-0.15, -0.1) is 0 Å². The number of cyclic esters (lactones) is 1. The number of amides is 1. The first-order valence-corrected chi connectivity index (χ1v) is 13.4. The molecule has 3 rings (SSSR count). The van der Waals surface area contributed by atoms with Crippen LogP contribution in [0.5, 0.6) is 5.75 Å². The topological polar surface area (TPSA) is 110 Å². The number of hydrogen-bond acceptors (Lipinski definition) is 9. The third-order valence-electron chi connectivity index (χ3n) is 6.49. The maximum absolute atomic E-state index is 15.0. The van der Waals surface area contributed by atoms with E-state index in [-0.39, 0.29) is 24.5 Å². The Morgan fingerprint density at radius 2 is 1.85 bits per heavy atom. The molecule has 10 nitrogen and oxygen atoms in total. The lowest BCUT2D eigenvalue weighted by Gasteiger charge is -2.26. The molecule has 4 atom stereocenters. The number of methoxy groups -OCH3 is 1. The maximum Gasteiger partial charge on any atom is 0.414 e. The van der Waals surface area contributed by atoms with Crippen molar-refractivity contribution < 1.29 is 47.2 Å². The van der Waals surface area contributed by atoms with Gasteiger partial charge in [0.1, 0.15) is 23.0 Å². The molecule has 2 aliphatic rings. The van der Waals surface area contributed by atoms with Crippen molar-refractivity contribution in [2.75, 3.05) is 25.9 Å². The number of ether oxygens (including phenoxy) is 6. The van der Waals surface area contributed by atoms with E-state index >= 15 is 4.39 Å². The highest BCUT2D eigenvalue weighted by Crippen LogP contribution is 2.35. The molecule has 1 aromatic rings. The van der Waals surface area contributed by atoms with Gasteiger partial charge in [0.15, 0.2) is 24.5 Å². The van der Waals surface area contributed by atoms with E-state index in [1.54, 1.807) is 66.7 Å². The maximum atomic E-state index is 15.0. The second kappa shape index (κ2) is 12.7. The van der Waals surface area contributed by atoms with Crippen LogP contribution in [0.1, 0.15) is 70.8 Å². The first-order valence-electron chi connectivity index (χ1n) is 13.4. The van der Waals surface area contributed by atoms with Crippen LogP contribution in [-0.2, 0) is 28.5 Å². The highest BCUT2D eigenvalue weighted by Gasteiger charge is 2.45. The molecule has 1 fully saturated rings. The van der Waals surface area contributed by atoms with Gasteiger partial charge < -0.3 is 28.4 Å². The zero-order valence-corrected chi connectivity index (χ0v) is 25.1. The third-order valence-corrected chi connectivity index (χ3v) is 6.49. The monoisotopic (exact) mass is 577 g/mol. The number of ketones is 1. The molecule has 226 valence electrons. The fourth-order valence-electron chi connectivity index (χ4n) is 4.32. The van der Waals surface area contributed by atoms with Gasteiger partial charge >= 0.3 is 12.1 Å². The summed E-state index contributed by atoms with van der Waals surface area (Å²) in [5.74, 6) is -4.22. The van der Waals surface area contributed by atoms with E-state index in [9.17, 15) is 14.4 Å². The van der Waals surface area contributed by atoms with Crippen LogP contribution in [0.4, 0.5) is 14.9 Å². The minimum Gasteiger partial charge on any atom is -0.467 e. The highest BCUT2D eigenvalue weighted by molar-refractivity contribution is 5.99. The van der Waals surface area contributed by atoms with Crippen molar-refractivity contribution in [3.63, 3.8) is 0 Å². The Kier molecular flexibility index (Phi) is 9.99. The van der Waals surface area contributed by atoms with Crippen molar-refractivity contribution in [2.45, 2.75) is 84.6 Å². The van der Waals surface area contributed by atoms with Crippen LogP contribution in [-0.4, -0.2) is 68.5 Å². The van der Waals surface area contributed by atoms with E-state index in [1.165, 1.54) is 25.1 Å². The van der Waals surface area contributed by atoms with Crippen molar-refractivity contribution >= 4 is 29.6 Å². The van der Waals surface area contributed by atoms with Gasteiger partial charge in [0.25, 0.3) is 0 Å². The molecule has 0 saturated carbocycles. The lowest BCUT2D eigenvalue weighted by atomic mass is 9.98. The summed E-state index contributed by atoms with van der Waals surface area (Å²) in [5.41, 5.74) is 0.0958. The predicted octanol–water partition coefficient (Wildman–Crippen LogP) is 5.58. The van der Waals surface area contributed by atoms with E-state index in [0.29, 0.717) is 11.3 Å². The quantitative estimate of drug-likeness (QED) is 0.334. The predicted molar refractivity (Wildman–Crippen MR) is 149 cm³/mol. The number of rotatable bonds is 4. The summed E-state index contributed by atoms with van der Waals surface area (Å²) in [6, 6.07) is 3.13. The van der Waals surface area contributed by atoms with E-state index in [4.69, 9.17) is 28.4 Å². The number of esters is 1. The summed E-state index contributed by atoms with van der Waals surface area (Å²) in [5, 5.41) is 0. The normalized spacial score (nSPS) is 26.9. The number of anilines is 1. The van der Waals surface area contributed by atoms with Crippen LogP contribution >= 0.6 is 0 Å². The average molecular weight is 578 g/mol. The first kappa shape index (κ1) is 32.2. The number of benzene rings is 1. The Balaban J connectivity index is 2.15. The molecule has 0 N–H and O–H groups in total. The number of nitrogens with zero attached hydrogens (tertiary/aromatic N) is 1. The van der Waals surface area contributed by atoms with Gasteiger partial charge in [0, 0.05) is 26.1 Å². The number of carbonyl (C=O) groups excluding carboxylic acids is 3. The molecule has 0 spiro atoms. The standard InChI is InChI=1S/C30H40FNO9/c1-17-13-21(31)25(33)26-22(39-30(6,7)40-26)12-10-11-19-14-20(32(8)28(35)41-29(3,4)5)15-23(37-16-36-9)24(19)27(34)38-18(17)2/h10-11,13-15,17-18,22,26H,12,16H2,1-9H3/b11-10+,21-13+/t17-,18+,22+,26+/m1/s1. The third kappa shape index (κ3) is 8.15. The summed E-state index contributed by atoms with van der Waals surface area (Å²) in [7, 11) is 2.97. The molecule has 1 amide bonds. The SMILES string of the molecule is COCOc1cc(N(C)C(=O)OC(C)(C)C)cc2c1C(=O)O[C@@H](C)[C@H](C)/C=C(/F)C(=O)[C@H]1OC(C)(C)O[C@H]1C/C=C/2. The Morgan fingerprint density at radius 3 is 2.49 bits per heavy atom. The number of carbonyl (C=O) groups is 3. The fraction of sp³-hybridized carbons (Fsp3) is 0.567. The minimum absolute atomic E-state index is 0.0803. The van der Waals surface area contributed by atoms with Crippen LogP contribution in [0.2, 0.25) is 0 Å². The van der Waals surface area contributed by atoms with Gasteiger partial charge in [0.05, 0.1) is 11.8 Å². The Morgan fingerprint density at radius 1 is 1.17 bits per heavy atom. The lowest BCUT2D eigenvalue weighted by molar-refractivity contribution is -0.153. The van der Waals surface area contributed by atoms with Crippen molar-refractivity contribution in [3.05, 3.63) is 41.2 Å². The summed E-state index contributed by atoms with van der Waals surface area (Å²) in [4.78, 5) is 40.6. The summed E-state index contributed by atoms with van der Waals surface area (Å²) >= 11 is 0. The molecule has 0 radical (unpaired) electrons. The zero-order valence-electron chi connectivity index (χ0n) is 25.1. The van der Waals surface area contributed by atoms with E-state index in [1.807, 2.05) is 0 Å². The van der Waals surface area contributed by atoms with Crippen LogP contribution < -0.4 is 9.64 Å². The van der Waals surface area contributed by atoms with E-state index in [0.717, 1.165) is 6.08 Å². The van der Waals surface area contributed by atoms with Crippen LogP contribution in [0.25, 0.3) is 6.08 Å². The summed E-state index contributed by atoms with van der Waals surface area (Å²) in [6.07, 6.45) is 1.22. The van der Waals surface area contributed by atoms with E-state index < -0.39 is 59.3 Å². The van der Waals surface area contributed by atoms with Gasteiger partial charge in [-0.2, -0.15) is 0 Å². The van der Waals surface area contributed by atoms with Crippen LogP contribution in [0, 0.1) is 5.92 Å². The largest absolute Gasteiger partial charge is 0.467 e. The Hall–Kier alpha value is -3.28. The molecule has 2 aliphatic heterocycles. The molecule has 0 aromatic heterocycles. The summed E-state index contributed by atoms with van der Waals surface area (Å²) < 4.78 is 48.7. The second-order valence-electron chi connectivity index (χ2n) is 11.6. The zero-order chi connectivity index (χ0) is 30.7.